The molecule has 0 aromatic carbocycles. The zero-order chi connectivity index (χ0) is 23.9. The van der Waals surface area contributed by atoms with Crippen molar-refractivity contribution in [3.05, 3.63) is 0 Å². The van der Waals surface area contributed by atoms with Crippen LogP contribution in [0.2, 0.25) is 0 Å². The van der Waals surface area contributed by atoms with Gasteiger partial charge in [-0.25, -0.2) is 0 Å². The monoisotopic (exact) mass is 472 g/mol. The molecule has 0 bridgehead atoms. The molecule has 15 atom stereocenters. The molecule has 3 rings (SSSR count). The van der Waals surface area contributed by atoms with Crippen LogP contribution in [0.1, 0.15) is 13.8 Å². The number of aliphatic hydroxyl groups excluding tert-OH is 9. The summed E-state index contributed by atoms with van der Waals surface area (Å²) in [6, 6.07) is 0. The second kappa shape index (κ2) is 10.4. The van der Waals surface area contributed by atoms with Gasteiger partial charge in [0.25, 0.3) is 0 Å². The summed E-state index contributed by atoms with van der Waals surface area (Å²) < 4.78 is 27.0. The van der Waals surface area contributed by atoms with Crippen LogP contribution in [0.15, 0.2) is 0 Å². The smallest absolute Gasteiger partial charge is 0.187 e. The van der Waals surface area contributed by atoms with Crippen molar-refractivity contribution in [2.45, 2.75) is 106 Å². The molecule has 3 aliphatic rings. The first-order chi connectivity index (χ1) is 15.0. The second-order valence-corrected chi connectivity index (χ2v) is 8.30. The molecule has 9 N–H and O–H groups in total. The molecule has 0 saturated carbocycles. The molecule has 3 saturated heterocycles. The third kappa shape index (κ3) is 4.94. The summed E-state index contributed by atoms with van der Waals surface area (Å²) in [6.45, 7) is 2.13. The molecule has 14 nitrogen and oxygen atoms in total. The quantitative estimate of drug-likeness (QED) is 0.182. The molecular weight excluding hydrogens is 440 g/mol. The highest BCUT2D eigenvalue weighted by molar-refractivity contribution is 4.95. The Morgan fingerprint density at radius 1 is 0.562 bits per heavy atom. The van der Waals surface area contributed by atoms with Crippen LogP contribution in [-0.4, -0.2) is 145 Å². The summed E-state index contributed by atoms with van der Waals surface area (Å²) >= 11 is 0. The van der Waals surface area contributed by atoms with Crippen molar-refractivity contribution in [2.24, 2.45) is 0 Å². The van der Waals surface area contributed by atoms with E-state index in [1.54, 1.807) is 0 Å². The fourth-order valence-electron chi connectivity index (χ4n) is 3.92. The van der Waals surface area contributed by atoms with Crippen LogP contribution in [0.3, 0.4) is 0 Å². The van der Waals surface area contributed by atoms with Gasteiger partial charge < -0.3 is 69.6 Å². The van der Waals surface area contributed by atoms with Gasteiger partial charge in [0.05, 0.1) is 18.8 Å². The van der Waals surface area contributed by atoms with Gasteiger partial charge in [-0.05, 0) is 13.8 Å². The topological polar surface area (TPSA) is 228 Å². The van der Waals surface area contributed by atoms with Crippen LogP contribution in [-0.2, 0) is 23.7 Å². The van der Waals surface area contributed by atoms with Gasteiger partial charge in [0.15, 0.2) is 18.9 Å². The van der Waals surface area contributed by atoms with Crippen molar-refractivity contribution in [1.29, 1.82) is 0 Å². The second-order valence-electron chi connectivity index (χ2n) is 8.30. The van der Waals surface area contributed by atoms with Crippen LogP contribution < -0.4 is 0 Å². The Bertz CT molecular complexity index is 608. The van der Waals surface area contributed by atoms with Gasteiger partial charge >= 0.3 is 0 Å². The third-order valence-corrected chi connectivity index (χ3v) is 6.02. The lowest BCUT2D eigenvalue weighted by atomic mass is 9.96. The highest BCUT2D eigenvalue weighted by Gasteiger charge is 2.52. The van der Waals surface area contributed by atoms with Gasteiger partial charge in [0.2, 0.25) is 0 Å². The molecule has 1 unspecified atom stereocenters. The van der Waals surface area contributed by atoms with E-state index < -0.39 is 98.7 Å². The molecule has 0 spiro atoms. The average Bonchev–Trinajstić information content (AvgIpc) is 2.76. The summed E-state index contributed by atoms with van der Waals surface area (Å²) in [6.07, 6.45) is -22.6. The number of hydrogen-bond donors (Lipinski definition) is 9. The largest absolute Gasteiger partial charge is 0.394 e. The van der Waals surface area contributed by atoms with E-state index in [1.165, 1.54) is 13.8 Å². The number of ether oxygens (including phenoxy) is 5. The number of rotatable bonds is 5. The molecule has 0 aromatic rings. The minimum Gasteiger partial charge on any atom is -0.394 e. The number of hydrogen-bond acceptors (Lipinski definition) is 14. The molecule has 0 aromatic heterocycles. The standard InChI is InChI=1S/C18H32O14/c1-4-7(20)10(23)12(25)17(29-4)32-15-14(8(21)5(2)28-16(15)27)31-18-13(26)11(24)9(22)6(3-19)30-18/h4-27H,3H2,1-2H3/t4-,5+,6+,7+,8-,9-,10+,11-,12-,13+,14-,15+,16?,17-,18+/m0/s1. The van der Waals surface area contributed by atoms with Gasteiger partial charge in [-0.3, -0.25) is 0 Å². The minimum absolute atomic E-state index is 0.708. The maximum Gasteiger partial charge on any atom is 0.187 e. The maximum atomic E-state index is 10.6. The first-order valence-corrected chi connectivity index (χ1v) is 10.3. The van der Waals surface area contributed by atoms with Crippen molar-refractivity contribution in [2.75, 3.05) is 6.61 Å². The fraction of sp³-hybridized carbons (Fsp3) is 1.00. The zero-order valence-corrected chi connectivity index (χ0v) is 17.4. The van der Waals surface area contributed by atoms with Crippen LogP contribution in [0.5, 0.6) is 0 Å². The molecule has 32 heavy (non-hydrogen) atoms. The molecule has 3 heterocycles. The molecule has 3 fully saturated rings. The van der Waals surface area contributed by atoms with E-state index in [4.69, 9.17) is 23.7 Å². The highest BCUT2D eigenvalue weighted by Crippen LogP contribution is 2.32. The Morgan fingerprint density at radius 2 is 1.06 bits per heavy atom. The third-order valence-electron chi connectivity index (χ3n) is 6.02. The van der Waals surface area contributed by atoms with Crippen LogP contribution >= 0.6 is 0 Å². The Kier molecular flexibility index (Phi) is 8.44. The fourth-order valence-corrected chi connectivity index (χ4v) is 3.92. The number of aliphatic hydroxyl groups is 9. The highest BCUT2D eigenvalue weighted by atomic mass is 16.8. The SMILES string of the molecule is C[C@@H]1O[C@@H](O[C@H]2C(O)O[C@H](C)[C@H](O)[C@@H]2O[C@H]2O[C@H](CO)[C@H](O)[C@H](O)[C@H]2O)[C@@H](O)[C@H](O)[C@@H]1O. The van der Waals surface area contributed by atoms with E-state index in [0.717, 1.165) is 0 Å². The first-order valence-electron chi connectivity index (χ1n) is 10.3. The van der Waals surface area contributed by atoms with Crippen molar-refractivity contribution < 1.29 is 69.6 Å². The van der Waals surface area contributed by atoms with E-state index in [2.05, 4.69) is 0 Å². The molecule has 0 aliphatic carbocycles. The van der Waals surface area contributed by atoms with Gasteiger partial charge in [0.1, 0.15) is 61.0 Å². The molecule has 188 valence electrons. The van der Waals surface area contributed by atoms with E-state index >= 15 is 0 Å². The summed E-state index contributed by atoms with van der Waals surface area (Å²) in [5.74, 6) is 0. The summed E-state index contributed by atoms with van der Waals surface area (Å²) in [5.41, 5.74) is 0. The van der Waals surface area contributed by atoms with Crippen molar-refractivity contribution in [3.63, 3.8) is 0 Å². The first kappa shape index (κ1) is 26.1. The minimum atomic E-state index is -1.79. The molecule has 0 amide bonds. The van der Waals surface area contributed by atoms with E-state index in [-0.39, 0.29) is 0 Å². The van der Waals surface area contributed by atoms with Gasteiger partial charge in [-0.1, -0.05) is 0 Å². The molecule has 14 heteroatoms. The summed E-state index contributed by atoms with van der Waals surface area (Å²) in [5, 5.41) is 90.5. The normalized spacial score (nSPS) is 55.0. The van der Waals surface area contributed by atoms with Crippen LogP contribution in [0.4, 0.5) is 0 Å². The lowest BCUT2D eigenvalue weighted by Gasteiger charge is -2.47. The predicted molar refractivity (Wildman–Crippen MR) is 98.4 cm³/mol. The predicted octanol–water partition coefficient (Wildman–Crippen LogP) is -5.52. The molecule has 3 aliphatic heterocycles. The maximum absolute atomic E-state index is 10.6. The lowest BCUT2D eigenvalue weighted by molar-refractivity contribution is -0.384. The van der Waals surface area contributed by atoms with Gasteiger partial charge in [-0.2, -0.15) is 0 Å². The molecule has 0 radical (unpaired) electrons. The van der Waals surface area contributed by atoms with Crippen LogP contribution in [0, 0.1) is 0 Å². The zero-order valence-electron chi connectivity index (χ0n) is 17.4. The summed E-state index contributed by atoms with van der Waals surface area (Å²) in [7, 11) is 0. The van der Waals surface area contributed by atoms with Crippen molar-refractivity contribution in [3.8, 4) is 0 Å². The van der Waals surface area contributed by atoms with Crippen molar-refractivity contribution >= 4 is 0 Å². The van der Waals surface area contributed by atoms with E-state index in [9.17, 15) is 46.0 Å². The van der Waals surface area contributed by atoms with E-state index in [1.807, 2.05) is 0 Å². The van der Waals surface area contributed by atoms with Crippen LogP contribution in [0.25, 0.3) is 0 Å². The Hall–Kier alpha value is -0.560. The Balaban J connectivity index is 1.79. The Morgan fingerprint density at radius 3 is 1.66 bits per heavy atom. The van der Waals surface area contributed by atoms with Gasteiger partial charge in [0, 0.05) is 0 Å². The van der Waals surface area contributed by atoms with E-state index in [0.29, 0.717) is 0 Å². The lowest BCUT2D eigenvalue weighted by Crippen LogP contribution is -2.66. The van der Waals surface area contributed by atoms with Gasteiger partial charge in [-0.15, -0.1) is 0 Å². The average molecular weight is 472 g/mol. The van der Waals surface area contributed by atoms with Crippen molar-refractivity contribution in [1.82, 2.24) is 0 Å². The Labute approximate surface area is 183 Å². The molecular formula is C18H32O14. The summed E-state index contributed by atoms with van der Waals surface area (Å²) in [4.78, 5) is 0.